The van der Waals surface area contributed by atoms with Gasteiger partial charge in [0, 0.05) is 67.3 Å². The van der Waals surface area contributed by atoms with Crippen molar-refractivity contribution in [3.8, 4) is 0 Å². The minimum Gasteiger partial charge on any atom is -0.368 e. The summed E-state index contributed by atoms with van der Waals surface area (Å²) in [5.41, 5.74) is 1.43. The molecule has 1 aromatic heterocycles. The van der Waals surface area contributed by atoms with E-state index in [9.17, 15) is 22.8 Å². The van der Waals surface area contributed by atoms with Gasteiger partial charge in [0.25, 0.3) is 5.91 Å². The second kappa shape index (κ2) is 11.5. The maximum atomic E-state index is 13.9. The molecular formula is C28H28F3N5O2. The first-order valence-corrected chi connectivity index (χ1v) is 12.1. The van der Waals surface area contributed by atoms with Crippen LogP contribution in [0.1, 0.15) is 27.0 Å². The summed E-state index contributed by atoms with van der Waals surface area (Å²) >= 11 is 0. The van der Waals surface area contributed by atoms with Crippen molar-refractivity contribution in [2.75, 3.05) is 48.8 Å². The van der Waals surface area contributed by atoms with Gasteiger partial charge in [-0.05, 0) is 67.6 Å². The van der Waals surface area contributed by atoms with Crippen LogP contribution in [0.2, 0.25) is 0 Å². The lowest BCUT2D eigenvalue weighted by molar-refractivity contribution is -0.137. The lowest BCUT2D eigenvalue weighted by Gasteiger charge is -2.35. The van der Waals surface area contributed by atoms with Gasteiger partial charge in [0.2, 0.25) is 5.91 Å². The fourth-order valence-corrected chi connectivity index (χ4v) is 4.09. The highest BCUT2D eigenvalue weighted by atomic mass is 19.4. The van der Waals surface area contributed by atoms with Gasteiger partial charge in [-0.3, -0.25) is 14.6 Å². The number of likely N-dealkylation sites (N-methyl/N-ethyl adjacent to an activating group) is 1. The number of carbonyl (C=O) groups is 2. The van der Waals surface area contributed by atoms with Gasteiger partial charge in [-0.2, -0.15) is 13.2 Å². The largest absolute Gasteiger partial charge is 0.418 e. The topological polar surface area (TPSA) is 77.6 Å². The molecule has 3 aromatic rings. The fourth-order valence-electron chi connectivity index (χ4n) is 4.09. The van der Waals surface area contributed by atoms with Crippen LogP contribution in [0.25, 0.3) is 6.08 Å². The summed E-state index contributed by atoms with van der Waals surface area (Å²) in [6, 6.07) is 12.1. The zero-order valence-electron chi connectivity index (χ0n) is 21.0. The van der Waals surface area contributed by atoms with Crippen molar-refractivity contribution in [2.24, 2.45) is 0 Å². The van der Waals surface area contributed by atoms with E-state index in [0.717, 1.165) is 17.2 Å². The highest BCUT2D eigenvalue weighted by Gasteiger charge is 2.36. The van der Waals surface area contributed by atoms with Crippen LogP contribution in [0, 0.1) is 6.92 Å². The number of anilines is 3. The molecule has 198 valence electrons. The van der Waals surface area contributed by atoms with Gasteiger partial charge < -0.3 is 20.4 Å². The van der Waals surface area contributed by atoms with Gasteiger partial charge in [0.05, 0.1) is 5.56 Å². The van der Waals surface area contributed by atoms with Crippen LogP contribution in [0.15, 0.2) is 67.0 Å². The Kier molecular flexibility index (Phi) is 8.11. The summed E-state index contributed by atoms with van der Waals surface area (Å²) in [5, 5.41) is 5.29. The van der Waals surface area contributed by atoms with Crippen molar-refractivity contribution in [1.82, 2.24) is 9.88 Å². The smallest absolute Gasteiger partial charge is 0.368 e. The average molecular weight is 524 g/mol. The van der Waals surface area contributed by atoms with Crippen molar-refractivity contribution in [2.45, 2.75) is 13.1 Å². The van der Waals surface area contributed by atoms with E-state index in [0.29, 0.717) is 31.9 Å². The number of amides is 2. The van der Waals surface area contributed by atoms with Gasteiger partial charge in [-0.1, -0.05) is 12.1 Å². The lowest BCUT2D eigenvalue weighted by atomic mass is 10.1. The van der Waals surface area contributed by atoms with Crippen LogP contribution in [-0.2, 0) is 11.0 Å². The molecular weight excluding hydrogens is 495 g/mol. The fraction of sp³-hybridized carbons (Fsp3) is 0.250. The number of piperazine rings is 1. The molecule has 1 saturated heterocycles. The maximum absolute atomic E-state index is 13.9. The maximum Gasteiger partial charge on any atom is 0.418 e. The minimum absolute atomic E-state index is 0.0331. The first-order chi connectivity index (χ1) is 18.1. The Labute approximate surface area is 219 Å². The number of carbonyl (C=O) groups excluding carboxylic acids is 2. The SMILES string of the molecule is Cc1ccc(C(=O)Nc2ccc(N3CCN(C)CC3)c(C(F)(F)F)c2)cc1NC(=O)/C=C/c1cccnc1. The molecule has 0 spiro atoms. The van der Waals surface area contributed by atoms with Crippen LogP contribution in [0.3, 0.4) is 0 Å². The monoisotopic (exact) mass is 523 g/mol. The Morgan fingerprint density at radius 1 is 1.00 bits per heavy atom. The molecule has 1 aliphatic rings. The summed E-state index contributed by atoms with van der Waals surface area (Å²) in [6.07, 6.45) is 1.62. The number of rotatable bonds is 6. The van der Waals surface area contributed by atoms with Crippen molar-refractivity contribution in [3.63, 3.8) is 0 Å². The van der Waals surface area contributed by atoms with Crippen LogP contribution >= 0.6 is 0 Å². The first kappa shape index (κ1) is 26.9. The molecule has 4 rings (SSSR count). The third-order valence-corrected chi connectivity index (χ3v) is 6.27. The zero-order chi connectivity index (χ0) is 27.3. The number of benzene rings is 2. The Morgan fingerprint density at radius 2 is 1.76 bits per heavy atom. The highest BCUT2D eigenvalue weighted by Crippen LogP contribution is 2.38. The van der Waals surface area contributed by atoms with Crippen LogP contribution in [-0.4, -0.2) is 54.9 Å². The van der Waals surface area contributed by atoms with Gasteiger partial charge in [-0.25, -0.2) is 0 Å². The number of pyridine rings is 1. The molecule has 2 N–H and O–H groups in total. The number of hydrogen-bond acceptors (Lipinski definition) is 5. The second-order valence-electron chi connectivity index (χ2n) is 9.11. The van der Waals surface area contributed by atoms with Crippen LogP contribution in [0.5, 0.6) is 0 Å². The summed E-state index contributed by atoms with van der Waals surface area (Å²) in [4.78, 5) is 33.1. The Bertz CT molecular complexity index is 1330. The average Bonchev–Trinajstić information content (AvgIpc) is 2.89. The van der Waals surface area contributed by atoms with E-state index < -0.39 is 23.6 Å². The number of hydrogen-bond donors (Lipinski definition) is 2. The summed E-state index contributed by atoms with van der Waals surface area (Å²) in [5.74, 6) is -0.990. The van der Waals surface area contributed by atoms with E-state index in [2.05, 4.69) is 20.5 Å². The van der Waals surface area contributed by atoms with Gasteiger partial charge in [0.15, 0.2) is 0 Å². The van der Waals surface area contributed by atoms with E-state index in [1.54, 1.807) is 54.6 Å². The number of nitrogens with one attached hydrogen (secondary N) is 2. The van der Waals surface area contributed by atoms with Crippen molar-refractivity contribution < 1.29 is 22.8 Å². The van der Waals surface area contributed by atoms with E-state index in [1.165, 1.54) is 24.3 Å². The predicted molar refractivity (Wildman–Crippen MR) is 142 cm³/mol. The van der Waals surface area contributed by atoms with E-state index in [4.69, 9.17) is 0 Å². The molecule has 7 nitrogen and oxygen atoms in total. The molecule has 0 unspecified atom stereocenters. The predicted octanol–water partition coefficient (Wildman–Crippen LogP) is 5.06. The molecule has 2 heterocycles. The normalized spacial score (nSPS) is 14.5. The molecule has 0 atom stereocenters. The minimum atomic E-state index is -4.58. The Morgan fingerprint density at radius 3 is 2.45 bits per heavy atom. The Hall–Kier alpha value is -4.18. The molecule has 0 bridgehead atoms. The van der Waals surface area contributed by atoms with E-state index >= 15 is 0 Å². The molecule has 2 aromatic carbocycles. The zero-order valence-corrected chi connectivity index (χ0v) is 21.0. The summed E-state index contributed by atoms with van der Waals surface area (Å²) in [7, 11) is 1.93. The molecule has 10 heteroatoms. The number of aromatic nitrogens is 1. The van der Waals surface area contributed by atoms with Crippen molar-refractivity contribution in [3.05, 3.63) is 89.3 Å². The number of aryl methyl sites for hydroxylation is 1. The van der Waals surface area contributed by atoms with Crippen molar-refractivity contribution in [1.29, 1.82) is 0 Å². The lowest BCUT2D eigenvalue weighted by Crippen LogP contribution is -2.45. The summed E-state index contributed by atoms with van der Waals surface area (Å²) in [6.45, 7) is 4.08. The molecule has 2 amide bonds. The Balaban J connectivity index is 1.49. The number of halogens is 3. The standard InChI is InChI=1S/C28H28F3N5O2/c1-19-5-7-21(16-24(19)34-26(37)10-6-20-4-3-11-32-18-20)27(38)33-22-8-9-25(23(17-22)28(29,30)31)36-14-12-35(2)13-15-36/h3-11,16-18H,12-15H2,1-2H3,(H,33,38)(H,34,37)/b10-6+. The van der Waals surface area contributed by atoms with Crippen LogP contribution < -0.4 is 15.5 Å². The highest BCUT2D eigenvalue weighted by molar-refractivity contribution is 6.07. The second-order valence-corrected chi connectivity index (χ2v) is 9.11. The van der Waals surface area contributed by atoms with Crippen LogP contribution in [0.4, 0.5) is 30.2 Å². The summed E-state index contributed by atoms with van der Waals surface area (Å²) < 4.78 is 41.7. The van der Waals surface area contributed by atoms with Gasteiger partial charge in [-0.15, -0.1) is 0 Å². The van der Waals surface area contributed by atoms with E-state index in [1.807, 2.05) is 7.05 Å². The molecule has 0 saturated carbocycles. The van der Waals surface area contributed by atoms with Gasteiger partial charge in [0.1, 0.15) is 0 Å². The van der Waals surface area contributed by atoms with E-state index in [-0.39, 0.29) is 16.9 Å². The molecule has 1 fully saturated rings. The van der Waals surface area contributed by atoms with Gasteiger partial charge >= 0.3 is 6.18 Å². The number of nitrogens with zero attached hydrogens (tertiary/aromatic N) is 3. The molecule has 0 radical (unpaired) electrons. The third kappa shape index (κ3) is 6.77. The first-order valence-electron chi connectivity index (χ1n) is 12.1. The quantitative estimate of drug-likeness (QED) is 0.442. The molecule has 0 aliphatic carbocycles. The number of alkyl halides is 3. The molecule has 38 heavy (non-hydrogen) atoms. The third-order valence-electron chi connectivity index (χ3n) is 6.27. The van der Waals surface area contributed by atoms with Crippen molar-refractivity contribution >= 4 is 35.0 Å². The molecule has 1 aliphatic heterocycles.